The molecular formula is C20H27FN6O. The predicted molar refractivity (Wildman–Crippen MR) is 108 cm³/mol. The molecule has 2 aromatic rings. The molecule has 1 aromatic carbocycles. The molecule has 1 saturated carbocycles. The number of carbonyl (C=O) groups excluding carboxylic acids is 1. The van der Waals surface area contributed by atoms with E-state index in [1.54, 1.807) is 11.2 Å². The van der Waals surface area contributed by atoms with Crippen LogP contribution >= 0.6 is 0 Å². The lowest BCUT2D eigenvalue weighted by Gasteiger charge is -2.42. The van der Waals surface area contributed by atoms with Crippen LogP contribution in [-0.4, -0.2) is 70.6 Å². The highest BCUT2D eigenvalue weighted by Crippen LogP contribution is 2.28. The predicted octanol–water partition coefficient (Wildman–Crippen LogP) is 2.05. The fraction of sp³-hybridized carbons (Fsp3) is 0.550. The Balaban J connectivity index is 1.32. The first-order chi connectivity index (χ1) is 13.6. The van der Waals surface area contributed by atoms with Gasteiger partial charge in [0.05, 0.1) is 5.52 Å². The Bertz CT molecular complexity index is 831. The van der Waals surface area contributed by atoms with Crippen molar-refractivity contribution in [2.75, 3.05) is 43.9 Å². The first-order valence-electron chi connectivity index (χ1n) is 9.98. The zero-order valence-corrected chi connectivity index (χ0v) is 16.0. The summed E-state index contributed by atoms with van der Waals surface area (Å²) in [6.07, 6.45) is 5.95. The number of nitrogens with zero attached hydrogens (tertiary/aromatic N) is 4. The normalized spacial score (nSPS) is 23.7. The van der Waals surface area contributed by atoms with E-state index in [9.17, 15) is 9.18 Å². The Morgan fingerprint density at radius 2 is 1.89 bits per heavy atom. The molecule has 4 rings (SSSR count). The second kappa shape index (κ2) is 8.26. The molecule has 1 saturated heterocycles. The van der Waals surface area contributed by atoms with Gasteiger partial charge in [-0.1, -0.05) is 0 Å². The fourth-order valence-electron chi connectivity index (χ4n) is 4.39. The van der Waals surface area contributed by atoms with E-state index in [1.165, 1.54) is 0 Å². The van der Waals surface area contributed by atoms with Crippen LogP contribution < -0.4 is 11.1 Å². The smallest absolute Gasteiger partial charge is 0.254 e. The number of nitrogen functional groups attached to an aromatic ring is 1. The molecule has 0 bridgehead atoms. The monoisotopic (exact) mass is 386 g/mol. The first-order valence-corrected chi connectivity index (χ1v) is 9.98. The Kier molecular flexibility index (Phi) is 5.57. The van der Waals surface area contributed by atoms with Crippen LogP contribution in [0, 0.1) is 0 Å². The molecule has 3 N–H and O–H groups in total. The lowest BCUT2D eigenvalue weighted by atomic mass is 9.89. The molecule has 28 heavy (non-hydrogen) atoms. The molecule has 1 aliphatic heterocycles. The highest BCUT2D eigenvalue weighted by Gasteiger charge is 2.29. The molecule has 0 unspecified atom stereocenters. The summed E-state index contributed by atoms with van der Waals surface area (Å²) in [4.78, 5) is 24.3. The minimum absolute atomic E-state index is 0.380. The second-order valence-corrected chi connectivity index (χ2v) is 7.70. The van der Waals surface area contributed by atoms with Crippen molar-refractivity contribution in [2.24, 2.45) is 0 Å². The van der Waals surface area contributed by atoms with Crippen LogP contribution in [-0.2, 0) is 4.79 Å². The summed E-state index contributed by atoms with van der Waals surface area (Å²) in [6, 6.07) is 6.61. The van der Waals surface area contributed by atoms with Crippen molar-refractivity contribution < 1.29 is 9.18 Å². The number of anilines is 2. The molecule has 1 aliphatic carbocycles. The molecule has 0 atom stereocenters. The Hall–Kier alpha value is -2.48. The highest BCUT2D eigenvalue weighted by molar-refractivity contribution is 5.91. The molecular weight excluding hydrogens is 359 g/mol. The van der Waals surface area contributed by atoms with E-state index in [1.807, 2.05) is 18.2 Å². The number of hydrogen-bond acceptors (Lipinski definition) is 6. The number of fused-ring (bicyclic) bond motifs is 1. The van der Waals surface area contributed by atoms with E-state index in [-0.39, 0.29) is 5.91 Å². The zero-order valence-electron chi connectivity index (χ0n) is 16.0. The molecule has 1 aromatic heterocycles. The molecule has 150 valence electrons. The van der Waals surface area contributed by atoms with Crippen molar-refractivity contribution in [1.29, 1.82) is 0 Å². The summed E-state index contributed by atoms with van der Waals surface area (Å²) in [7, 11) is 0. The summed E-state index contributed by atoms with van der Waals surface area (Å²) in [5, 5.41) is 4.54. The molecule has 2 heterocycles. The maximum absolute atomic E-state index is 12.5. The summed E-state index contributed by atoms with van der Waals surface area (Å²) in [5.41, 5.74) is 7.53. The van der Waals surface area contributed by atoms with Gasteiger partial charge in [0.15, 0.2) is 6.67 Å². The van der Waals surface area contributed by atoms with Gasteiger partial charge in [-0.25, -0.2) is 14.4 Å². The summed E-state index contributed by atoms with van der Waals surface area (Å²) >= 11 is 0. The molecule has 0 radical (unpaired) electrons. The third-order valence-corrected chi connectivity index (χ3v) is 5.99. The number of hydrogen-bond donors (Lipinski definition) is 2. The average Bonchev–Trinajstić information content (AvgIpc) is 2.74. The third kappa shape index (κ3) is 4.01. The number of benzene rings is 1. The van der Waals surface area contributed by atoms with Crippen molar-refractivity contribution in [2.45, 2.75) is 37.8 Å². The number of carbonyl (C=O) groups is 1. The molecule has 7 nitrogen and oxygen atoms in total. The fourth-order valence-corrected chi connectivity index (χ4v) is 4.39. The van der Waals surface area contributed by atoms with Crippen LogP contribution in [0.4, 0.5) is 15.9 Å². The van der Waals surface area contributed by atoms with E-state index in [0.29, 0.717) is 30.9 Å². The lowest BCUT2D eigenvalue weighted by molar-refractivity contribution is -0.134. The molecule has 1 amide bonds. The Morgan fingerprint density at radius 3 is 2.61 bits per heavy atom. The standard InChI is InChI=1S/C20H27FN6O/c21-12-19(28)27-9-7-26(8-10-27)16-4-2-15(3-5-16)25-20-17-11-14(22)1-6-18(17)23-13-24-20/h1,6,11,13,15-16H,2-5,7-10,12,22H2,(H,23,24,25). The van der Waals surface area contributed by atoms with E-state index in [2.05, 4.69) is 20.2 Å². The number of nitrogens with one attached hydrogen (secondary N) is 1. The van der Waals surface area contributed by atoms with E-state index in [4.69, 9.17) is 5.73 Å². The number of rotatable bonds is 4. The number of halogens is 1. The van der Waals surface area contributed by atoms with Crippen LogP contribution in [0.3, 0.4) is 0 Å². The van der Waals surface area contributed by atoms with Crippen molar-refractivity contribution in [1.82, 2.24) is 19.8 Å². The van der Waals surface area contributed by atoms with Gasteiger partial charge < -0.3 is 16.0 Å². The van der Waals surface area contributed by atoms with Crippen molar-refractivity contribution in [3.05, 3.63) is 24.5 Å². The highest BCUT2D eigenvalue weighted by atomic mass is 19.1. The number of amides is 1. The number of nitrogens with two attached hydrogens (primary N) is 1. The largest absolute Gasteiger partial charge is 0.399 e. The van der Waals surface area contributed by atoms with Crippen LogP contribution in [0.25, 0.3) is 10.9 Å². The first kappa shape index (κ1) is 18.9. The number of aromatic nitrogens is 2. The van der Waals surface area contributed by atoms with Crippen LogP contribution in [0.1, 0.15) is 25.7 Å². The Morgan fingerprint density at radius 1 is 1.14 bits per heavy atom. The number of piperazine rings is 1. The van der Waals surface area contributed by atoms with Crippen molar-refractivity contribution in [3.8, 4) is 0 Å². The van der Waals surface area contributed by atoms with Crippen LogP contribution in [0.5, 0.6) is 0 Å². The van der Waals surface area contributed by atoms with Crippen LogP contribution in [0.15, 0.2) is 24.5 Å². The molecule has 0 spiro atoms. The zero-order chi connectivity index (χ0) is 19.5. The van der Waals surface area contributed by atoms with Gasteiger partial charge in [-0.2, -0.15) is 0 Å². The molecule has 8 heteroatoms. The Labute approximate surface area is 164 Å². The SMILES string of the molecule is Nc1ccc2ncnc(NC3CCC(N4CCN(C(=O)CF)CC4)CC3)c2c1. The summed E-state index contributed by atoms with van der Waals surface area (Å²) in [6.45, 7) is 2.05. The van der Waals surface area contributed by atoms with Gasteiger partial charge in [0, 0.05) is 49.3 Å². The lowest BCUT2D eigenvalue weighted by Crippen LogP contribution is -2.53. The molecule has 2 fully saturated rings. The van der Waals surface area contributed by atoms with Gasteiger partial charge in [-0.05, 0) is 43.9 Å². The summed E-state index contributed by atoms with van der Waals surface area (Å²) in [5.74, 6) is 0.462. The van der Waals surface area contributed by atoms with E-state index in [0.717, 1.165) is 55.5 Å². The van der Waals surface area contributed by atoms with E-state index >= 15 is 0 Å². The second-order valence-electron chi connectivity index (χ2n) is 7.70. The van der Waals surface area contributed by atoms with Crippen LogP contribution in [0.2, 0.25) is 0 Å². The third-order valence-electron chi connectivity index (χ3n) is 5.99. The van der Waals surface area contributed by atoms with Gasteiger partial charge in [-0.3, -0.25) is 9.69 Å². The van der Waals surface area contributed by atoms with E-state index < -0.39 is 6.67 Å². The average molecular weight is 386 g/mol. The van der Waals surface area contributed by atoms with Gasteiger partial charge in [0.25, 0.3) is 5.91 Å². The topological polar surface area (TPSA) is 87.4 Å². The quantitative estimate of drug-likeness (QED) is 0.782. The molecule has 2 aliphatic rings. The maximum atomic E-state index is 12.5. The minimum atomic E-state index is -0.889. The van der Waals surface area contributed by atoms with Gasteiger partial charge in [0.2, 0.25) is 0 Å². The minimum Gasteiger partial charge on any atom is -0.399 e. The van der Waals surface area contributed by atoms with Gasteiger partial charge in [-0.15, -0.1) is 0 Å². The maximum Gasteiger partial charge on any atom is 0.254 e. The summed E-state index contributed by atoms with van der Waals surface area (Å²) < 4.78 is 12.5. The van der Waals surface area contributed by atoms with Gasteiger partial charge >= 0.3 is 0 Å². The van der Waals surface area contributed by atoms with Crippen molar-refractivity contribution in [3.63, 3.8) is 0 Å². The number of alkyl halides is 1. The van der Waals surface area contributed by atoms with Crippen molar-refractivity contribution >= 4 is 28.3 Å². The van der Waals surface area contributed by atoms with Gasteiger partial charge in [0.1, 0.15) is 12.1 Å².